The summed E-state index contributed by atoms with van der Waals surface area (Å²) < 4.78 is 14.9. The fourth-order valence-electron chi connectivity index (χ4n) is 2.86. The molecule has 0 saturated heterocycles. The largest absolute Gasteiger partial charge is 0.318 e. The van der Waals surface area contributed by atoms with Crippen molar-refractivity contribution >= 4 is 46.4 Å². The summed E-state index contributed by atoms with van der Waals surface area (Å²) in [6.07, 6.45) is 0. The van der Waals surface area contributed by atoms with Crippen LogP contribution in [0.5, 0.6) is 0 Å². The maximum absolute atomic E-state index is 13.4. The molecule has 4 rings (SSSR count). The highest BCUT2D eigenvalue weighted by Crippen LogP contribution is 2.27. The molecule has 5 nitrogen and oxygen atoms in total. The van der Waals surface area contributed by atoms with Crippen molar-refractivity contribution in [3.63, 3.8) is 0 Å². The van der Waals surface area contributed by atoms with Gasteiger partial charge in [0.1, 0.15) is 5.82 Å². The van der Waals surface area contributed by atoms with Gasteiger partial charge in [0, 0.05) is 15.6 Å². The van der Waals surface area contributed by atoms with Crippen LogP contribution in [0.2, 0.25) is 15.1 Å². The topological polar surface area (TPSA) is 59.8 Å². The number of benzene rings is 3. The minimum absolute atomic E-state index is 0.0953. The number of nitrogens with one attached hydrogen (secondary N) is 1. The molecule has 1 aromatic heterocycles. The Morgan fingerprint density at radius 3 is 2.39 bits per heavy atom. The average molecular weight is 476 g/mol. The number of halogens is 4. The van der Waals surface area contributed by atoms with E-state index < -0.39 is 5.91 Å². The zero-order valence-electron chi connectivity index (χ0n) is 16.0. The van der Waals surface area contributed by atoms with E-state index in [1.165, 1.54) is 22.9 Å². The number of nitrogens with zero attached hydrogens (tertiary/aromatic N) is 3. The molecular weight excluding hydrogens is 462 g/mol. The fraction of sp³-hybridized carbons (Fsp3) is 0.0455. The van der Waals surface area contributed by atoms with Crippen LogP contribution in [0.25, 0.3) is 17.1 Å². The second-order valence-corrected chi connectivity index (χ2v) is 7.94. The molecule has 9 heteroatoms. The molecule has 1 heterocycles. The summed E-state index contributed by atoms with van der Waals surface area (Å²) in [7, 11) is 0. The standard InChI is InChI=1S/C22H14Cl3FN4O/c1-12-2-8-16(11-17(12)24)30-21(13-3-6-15(26)7-4-13)28-20(29-30)22(31)27-19-9-5-14(23)10-18(19)25/h2-11H,1H3,(H,27,31). The summed E-state index contributed by atoms with van der Waals surface area (Å²) in [5.74, 6) is -0.692. The minimum atomic E-state index is -0.565. The predicted molar refractivity (Wildman–Crippen MR) is 121 cm³/mol. The first-order valence-corrected chi connectivity index (χ1v) is 10.2. The molecule has 1 amide bonds. The molecule has 0 aliphatic rings. The van der Waals surface area contributed by atoms with Gasteiger partial charge < -0.3 is 5.32 Å². The van der Waals surface area contributed by atoms with Gasteiger partial charge >= 0.3 is 0 Å². The van der Waals surface area contributed by atoms with Crippen LogP contribution in [-0.4, -0.2) is 20.7 Å². The van der Waals surface area contributed by atoms with Crippen LogP contribution in [0.1, 0.15) is 16.2 Å². The van der Waals surface area contributed by atoms with Crippen molar-refractivity contribution in [1.82, 2.24) is 14.8 Å². The van der Waals surface area contributed by atoms with Gasteiger partial charge in [-0.05, 0) is 67.1 Å². The summed E-state index contributed by atoms with van der Waals surface area (Å²) in [5, 5.41) is 8.30. The van der Waals surface area contributed by atoms with Crippen molar-refractivity contribution < 1.29 is 9.18 Å². The molecule has 0 aliphatic carbocycles. The maximum Gasteiger partial charge on any atom is 0.295 e. The quantitative estimate of drug-likeness (QED) is 0.362. The Labute approximate surface area is 192 Å². The normalized spacial score (nSPS) is 10.9. The molecular formula is C22H14Cl3FN4O. The number of anilines is 1. The zero-order valence-corrected chi connectivity index (χ0v) is 18.3. The molecule has 31 heavy (non-hydrogen) atoms. The molecule has 0 bridgehead atoms. The van der Waals surface area contributed by atoms with Crippen molar-refractivity contribution in [1.29, 1.82) is 0 Å². The number of aryl methyl sites for hydroxylation is 1. The second-order valence-electron chi connectivity index (χ2n) is 6.69. The number of rotatable bonds is 4. The summed E-state index contributed by atoms with van der Waals surface area (Å²) in [6, 6.07) is 15.8. The lowest BCUT2D eigenvalue weighted by Crippen LogP contribution is -2.14. The zero-order chi connectivity index (χ0) is 22.1. The molecule has 0 fully saturated rings. The molecule has 0 saturated carbocycles. The molecule has 0 aliphatic heterocycles. The highest BCUT2D eigenvalue weighted by atomic mass is 35.5. The van der Waals surface area contributed by atoms with Crippen LogP contribution in [0, 0.1) is 12.7 Å². The lowest BCUT2D eigenvalue weighted by Gasteiger charge is -2.07. The monoisotopic (exact) mass is 474 g/mol. The van der Waals surface area contributed by atoms with Gasteiger partial charge in [-0.1, -0.05) is 40.9 Å². The second kappa shape index (κ2) is 8.67. The molecule has 0 radical (unpaired) electrons. The van der Waals surface area contributed by atoms with Crippen molar-refractivity contribution in [2.45, 2.75) is 6.92 Å². The van der Waals surface area contributed by atoms with E-state index in [0.717, 1.165) is 5.56 Å². The summed E-state index contributed by atoms with van der Waals surface area (Å²) >= 11 is 18.3. The summed E-state index contributed by atoms with van der Waals surface area (Å²) in [4.78, 5) is 17.2. The number of hydrogen-bond acceptors (Lipinski definition) is 3. The smallest absolute Gasteiger partial charge is 0.295 e. The highest BCUT2D eigenvalue weighted by molar-refractivity contribution is 6.36. The van der Waals surface area contributed by atoms with Crippen LogP contribution in [-0.2, 0) is 0 Å². The van der Waals surface area contributed by atoms with Crippen molar-refractivity contribution in [2.24, 2.45) is 0 Å². The number of hydrogen-bond donors (Lipinski definition) is 1. The van der Waals surface area contributed by atoms with Crippen LogP contribution in [0.4, 0.5) is 10.1 Å². The van der Waals surface area contributed by atoms with E-state index in [2.05, 4.69) is 15.4 Å². The Bertz CT molecular complexity index is 1290. The molecule has 0 atom stereocenters. The van der Waals surface area contributed by atoms with E-state index in [-0.39, 0.29) is 16.7 Å². The van der Waals surface area contributed by atoms with Gasteiger partial charge in [0.2, 0.25) is 5.82 Å². The third-order valence-electron chi connectivity index (χ3n) is 4.49. The molecule has 156 valence electrons. The van der Waals surface area contributed by atoms with E-state index in [1.807, 2.05) is 13.0 Å². The van der Waals surface area contributed by atoms with Gasteiger partial charge in [0.05, 0.1) is 16.4 Å². The average Bonchev–Trinajstić information content (AvgIpc) is 3.18. The number of amides is 1. The van der Waals surface area contributed by atoms with E-state index in [0.29, 0.717) is 32.8 Å². The van der Waals surface area contributed by atoms with Crippen LogP contribution >= 0.6 is 34.8 Å². The maximum atomic E-state index is 13.4. The highest BCUT2D eigenvalue weighted by Gasteiger charge is 2.20. The number of aromatic nitrogens is 3. The lowest BCUT2D eigenvalue weighted by atomic mass is 10.2. The van der Waals surface area contributed by atoms with Gasteiger partial charge in [-0.25, -0.2) is 14.1 Å². The molecule has 3 aromatic carbocycles. The fourth-order valence-corrected chi connectivity index (χ4v) is 3.49. The SMILES string of the molecule is Cc1ccc(-n2nc(C(=O)Nc3ccc(Cl)cc3Cl)nc2-c2ccc(F)cc2)cc1Cl. The number of carbonyl (C=O) groups excluding carboxylic acids is 1. The first-order valence-electron chi connectivity index (χ1n) is 9.08. The number of carbonyl (C=O) groups is 1. The van der Waals surface area contributed by atoms with Crippen LogP contribution < -0.4 is 5.32 Å². The Kier molecular flexibility index (Phi) is 5.96. The lowest BCUT2D eigenvalue weighted by molar-refractivity contribution is 0.101. The Balaban J connectivity index is 1.77. The minimum Gasteiger partial charge on any atom is -0.318 e. The van der Waals surface area contributed by atoms with Gasteiger partial charge in [0.25, 0.3) is 5.91 Å². The van der Waals surface area contributed by atoms with E-state index in [4.69, 9.17) is 34.8 Å². The molecule has 1 N–H and O–H groups in total. The van der Waals surface area contributed by atoms with Crippen molar-refractivity contribution in [2.75, 3.05) is 5.32 Å². The van der Waals surface area contributed by atoms with E-state index >= 15 is 0 Å². The van der Waals surface area contributed by atoms with Gasteiger partial charge in [-0.2, -0.15) is 0 Å². The van der Waals surface area contributed by atoms with Gasteiger partial charge in [0.15, 0.2) is 5.82 Å². The Morgan fingerprint density at radius 1 is 0.968 bits per heavy atom. The van der Waals surface area contributed by atoms with E-state index in [1.54, 1.807) is 36.4 Å². The third-order valence-corrected chi connectivity index (χ3v) is 5.45. The molecule has 0 unspecified atom stereocenters. The van der Waals surface area contributed by atoms with E-state index in [9.17, 15) is 9.18 Å². The Morgan fingerprint density at radius 2 is 1.71 bits per heavy atom. The van der Waals surface area contributed by atoms with Crippen LogP contribution in [0.15, 0.2) is 60.7 Å². The van der Waals surface area contributed by atoms with Crippen LogP contribution in [0.3, 0.4) is 0 Å². The summed E-state index contributed by atoms with van der Waals surface area (Å²) in [5.41, 5.74) is 2.44. The van der Waals surface area contributed by atoms with Gasteiger partial charge in [-0.15, -0.1) is 5.10 Å². The first-order chi connectivity index (χ1) is 14.8. The third kappa shape index (κ3) is 4.56. The Hall–Kier alpha value is -2.93. The molecule has 0 spiro atoms. The predicted octanol–water partition coefficient (Wildman–Crippen LogP) is 6.59. The van der Waals surface area contributed by atoms with Crippen molar-refractivity contribution in [3.8, 4) is 17.1 Å². The summed E-state index contributed by atoms with van der Waals surface area (Å²) in [6.45, 7) is 1.88. The van der Waals surface area contributed by atoms with Crippen molar-refractivity contribution in [3.05, 3.63) is 92.9 Å². The first kappa shape index (κ1) is 21.3. The van der Waals surface area contributed by atoms with Gasteiger partial charge in [-0.3, -0.25) is 4.79 Å². The molecule has 4 aromatic rings.